The summed E-state index contributed by atoms with van der Waals surface area (Å²) in [5.41, 5.74) is 0.322. The Balaban J connectivity index is 1.43. The zero-order valence-corrected chi connectivity index (χ0v) is 14.4. The fraction of sp³-hybridized carbons (Fsp3) is 0.444. The number of aromatic nitrogens is 2. The molecule has 0 bridgehead atoms. The average molecular weight is 362 g/mol. The van der Waals surface area contributed by atoms with Gasteiger partial charge in [-0.3, -0.25) is 9.48 Å². The third-order valence-electron chi connectivity index (χ3n) is 4.24. The normalized spacial score (nSPS) is 18.3. The van der Waals surface area contributed by atoms with Crippen LogP contribution in [0.15, 0.2) is 36.5 Å². The summed E-state index contributed by atoms with van der Waals surface area (Å²) in [5, 5.41) is 20.2. The molecule has 26 heavy (non-hydrogen) atoms. The van der Waals surface area contributed by atoms with Gasteiger partial charge in [-0.05, 0) is 49.7 Å². The zero-order chi connectivity index (χ0) is 18.4. The molecule has 1 aromatic heterocycles. The summed E-state index contributed by atoms with van der Waals surface area (Å²) < 4.78 is 20.0. The van der Waals surface area contributed by atoms with Crippen molar-refractivity contribution in [3.05, 3.63) is 48.0 Å². The summed E-state index contributed by atoms with van der Waals surface area (Å²) in [4.78, 5) is 12.2. The second-order valence-corrected chi connectivity index (χ2v) is 6.31. The first-order valence-corrected chi connectivity index (χ1v) is 8.72. The van der Waals surface area contributed by atoms with Crippen molar-refractivity contribution in [2.45, 2.75) is 25.0 Å². The van der Waals surface area contributed by atoms with Crippen LogP contribution in [0.4, 0.5) is 4.39 Å². The summed E-state index contributed by atoms with van der Waals surface area (Å²) in [6, 6.07) is 7.45. The minimum atomic E-state index is -0.881. The number of aliphatic hydroxyl groups excluding tert-OH is 1. The Morgan fingerprint density at radius 1 is 1.42 bits per heavy atom. The van der Waals surface area contributed by atoms with Gasteiger partial charge >= 0.3 is 0 Å². The van der Waals surface area contributed by atoms with Crippen LogP contribution >= 0.6 is 0 Å². The molecule has 2 heterocycles. The Labute approximate surface area is 151 Å². The van der Waals surface area contributed by atoms with Crippen LogP contribution in [-0.4, -0.2) is 53.1 Å². The second-order valence-electron chi connectivity index (χ2n) is 6.31. The van der Waals surface area contributed by atoms with Crippen LogP contribution in [-0.2, 0) is 0 Å². The number of hydrogen-bond acceptors (Lipinski definition) is 5. The van der Waals surface area contributed by atoms with Gasteiger partial charge in [0.25, 0.3) is 5.91 Å². The number of rotatable bonds is 7. The average Bonchev–Trinajstić information content (AvgIpc) is 3.17. The van der Waals surface area contributed by atoms with Crippen molar-refractivity contribution in [2.24, 2.45) is 0 Å². The van der Waals surface area contributed by atoms with Gasteiger partial charge in [0.2, 0.25) is 0 Å². The molecular formula is C18H23FN4O3. The molecular weight excluding hydrogens is 339 g/mol. The first-order chi connectivity index (χ1) is 12.6. The molecule has 1 aliphatic rings. The second kappa shape index (κ2) is 8.77. The fourth-order valence-electron chi connectivity index (χ4n) is 2.80. The molecule has 2 atom stereocenters. The number of aliphatic hydroxyl groups is 1. The number of halogens is 1. The Hall–Kier alpha value is -2.45. The van der Waals surface area contributed by atoms with Gasteiger partial charge in [-0.1, -0.05) is 0 Å². The Bertz CT molecular complexity index is 713. The number of benzene rings is 1. The Kier molecular flexibility index (Phi) is 6.19. The van der Waals surface area contributed by atoms with E-state index >= 15 is 0 Å². The van der Waals surface area contributed by atoms with Crippen molar-refractivity contribution in [1.82, 2.24) is 20.4 Å². The highest BCUT2D eigenvalue weighted by atomic mass is 19.1. The molecule has 0 radical (unpaired) electrons. The molecule has 1 amide bonds. The quantitative estimate of drug-likeness (QED) is 0.687. The lowest BCUT2D eigenvalue weighted by Crippen LogP contribution is -2.36. The van der Waals surface area contributed by atoms with E-state index in [0.29, 0.717) is 11.4 Å². The Morgan fingerprint density at radius 2 is 2.23 bits per heavy atom. The lowest BCUT2D eigenvalue weighted by Gasteiger charge is -2.22. The van der Waals surface area contributed by atoms with E-state index in [4.69, 9.17) is 4.74 Å². The van der Waals surface area contributed by atoms with Crippen LogP contribution in [0.25, 0.3) is 0 Å². The van der Waals surface area contributed by atoms with Crippen LogP contribution in [0, 0.1) is 5.82 Å². The first-order valence-electron chi connectivity index (χ1n) is 8.72. The van der Waals surface area contributed by atoms with Crippen molar-refractivity contribution in [3.63, 3.8) is 0 Å². The molecule has 0 aliphatic carbocycles. The lowest BCUT2D eigenvalue weighted by atomic mass is 10.1. The van der Waals surface area contributed by atoms with E-state index in [9.17, 15) is 14.3 Å². The molecule has 0 spiro atoms. The molecule has 140 valence electrons. The topological polar surface area (TPSA) is 88.4 Å². The van der Waals surface area contributed by atoms with Crippen LogP contribution in [0.3, 0.4) is 0 Å². The number of nitrogens with one attached hydrogen (secondary N) is 2. The highest BCUT2D eigenvalue weighted by Gasteiger charge is 2.18. The Morgan fingerprint density at radius 3 is 2.96 bits per heavy atom. The van der Waals surface area contributed by atoms with E-state index in [0.717, 1.165) is 25.9 Å². The maximum absolute atomic E-state index is 12.8. The van der Waals surface area contributed by atoms with Crippen molar-refractivity contribution in [1.29, 1.82) is 0 Å². The number of carbonyl (C=O) groups excluding carboxylic acids is 1. The van der Waals surface area contributed by atoms with E-state index in [1.807, 2.05) is 4.68 Å². The molecule has 1 saturated heterocycles. The molecule has 2 aromatic rings. The summed E-state index contributed by atoms with van der Waals surface area (Å²) in [6.45, 7) is 1.90. The number of ether oxygens (including phenoxy) is 1. The molecule has 1 aliphatic heterocycles. The van der Waals surface area contributed by atoms with Gasteiger partial charge in [0, 0.05) is 19.3 Å². The summed E-state index contributed by atoms with van der Waals surface area (Å²) in [7, 11) is 0. The largest absolute Gasteiger partial charge is 0.491 e. The fourth-order valence-corrected chi connectivity index (χ4v) is 2.80. The van der Waals surface area contributed by atoms with Gasteiger partial charge in [0.15, 0.2) is 0 Å². The van der Waals surface area contributed by atoms with Crippen LogP contribution in [0.5, 0.6) is 5.75 Å². The van der Waals surface area contributed by atoms with Gasteiger partial charge in [-0.2, -0.15) is 5.10 Å². The highest BCUT2D eigenvalue weighted by molar-refractivity contribution is 5.92. The van der Waals surface area contributed by atoms with Crippen LogP contribution < -0.4 is 15.4 Å². The van der Waals surface area contributed by atoms with Gasteiger partial charge in [-0.15, -0.1) is 0 Å². The third kappa shape index (κ3) is 5.03. The molecule has 7 nitrogen and oxygen atoms in total. The molecule has 3 rings (SSSR count). The minimum Gasteiger partial charge on any atom is -0.491 e. The molecule has 2 unspecified atom stereocenters. The summed E-state index contributed by atoms with van der Waals surface area (Å²) >= 11 is 0. The van der Waals surface area contributed by atoms with Crippen molar-refractivity contribution in [2.75, 3.05) is 26.2 Å². The summed E-state index contributed by atoms with van der Waals surface area (Å²) in [6.07, 6.45) is 3.05. The number of piperidine rings is 1. The van der Waals surface area contributed by atoms with E-state index < -0.39 is 6.10 Å². The lowest BCUT2D eigenvalue weighted by molar-refractivity contribution is 0.0838. The predicted molar refractivity (Wildman–Crippen MR) is 93.6 cm³/mol. The van der Waals surface area contributed by atoms with Crippen molar-refractivity contribution >= 4 is 5.91 Å². The van der Waals surface area contributed by atoms with E-state index in [1.54, 1.807) is 12.3 Å². The number of hydrogen-bond donors (Lipinski definition) is 3. The standard InChI is InChI=1S/C18H23FN4O3/c19-13-3-5-16(6-4-13)26-12-15(24)11-21-18(25)17-7-9-23(22-17)14-2-1-8-20-10-14/h3-7,9,14-15,20,24H,1-2,8,10-12H2,(H,21,25). The van der Waals surface area contributed by atoms with E-state index in [2.05, 4.69) is 15.7 Å². The molecule has 1 fully saturated rings. The number of amides is 1. The van der Waals surface area contributed by atoms with Gasteiger partial charge in [-0.25, -0.2) is 4.39 Å². The van der Waals surface area contributed by atoms with Gasteiger partial charge < -0.3 is 20.5 Å². The molecule has 0 saturated carbocycles. The minimum absolute atomic E-state index is 0.00586. The monoisotopic (exact) mass is 362 g/mol. The van der Waals surface area contributed by atoms with Crippen molar-refractivity contribution < 1.29 is 19.0 Å². The predicted octanol–water partition coefficient (Wildman–Crippen LogP) is 1.12. The van der Waals surface area contributed by atoms with E-state index in [-0.39, 0.29) is 30.9 Å². The van der Waals surface area contributed by atoms with Crippen molar-refractivity contribution in [3.8, 4) is 5.75 Å². The third-order valence-corrected chi connectivity index (χ3v) is 4.24. The summed E-state index contributed by atoms with van der Waals surface area (Å²) in [5.74, 6) is -0.237. The first kappa shape index (κ1) is 18.3. The number of carbonyl (C=O) groups is 1. The maximum atomic E-state index is 12.8. The molecule has 1 aromatic carbocycles. The van der Waals surface area contributed by atoms with Crippen LogP contribution in [0.1, 0.15) is 29.4 Å². The molecule has 3 N–H and O–H groups in total. The highest BCUT2D eigenvalue weighted by Crippen LogP contribution is 2.15. The SMILES string of the molecule is O=C(NCC(O)COc1ccc(F)cc1)c1ccn(C2CCCNC2)n1. The zero-order valence-electron chi connectivity index (χ0n) is 14.4. The number of nitrogens with zero attached hydrogens (tertiary/aromatic N) is 2. The van der Waals surface area contributed by atoms with E-state index in [1.165, 1.54) is 24.3 Å². The van der Waals surface area contributed by atoms with Crippen LogP contribution in [0.2, 0.25) is 0 Å². The van der Waals surface area contributed by atoms with Gasteiger partial charge in [0.05, 0.1) is 6.04 Å². The molecule has 8 heteroatoms. The van der Waals surface area contributed by atoms with Gasteiger partial charge in [0.1, 0.15) is 30.0 Å². The smallest absolute Gasteiger partial charge is 0.271 e. The maximum Gasteiger partial charge on any atom is 0.271 e.